The Morgan fingerprint density at radius 3 is 2.94 bits per heavy atom. The summed E-state index contributed by atoms with van der Waals surface area (Å²) < 4.78 is 0.762. The summed E-state index contributed by atoms with van der Waals surface area (Å²) in [6, 6.07) is 3.82. The van der Waals surface area contributed by atoms with Gasteiger partial charge in [0.1, 0.15) is 5.78 Å². The molecular formula is C12H16ClNOS. The van der Waals surface area contributed by atoms with Crippen LogP contribution in [-0.2, 0) is 11.2 Å². The molecule has 1 aromatic heterocycles. The van der Waals surface area contributed by atoms with Gasteiger partial charge in [0.25, 0.3) is 0 Å². The number of carbonyl (C=O) groups is 1. The van der Waals surface area contributed by atoms with Crippen LogP contribution in [0.2, 0.25) is 4.34 Å². The Hall–Kier alpha value is -0.380. The topological polar surface area (TPSA) is 29.1 Å². The summed E-state index contributed by atoms with van der Waals surface area (Å²) in [6.45, 7) is 3.90. The van der Waals surface area contributed by atoms with E-state index in [-0.39, 0.29) is 5.41 Å². The fourth-order valence-corrected chi connectivity index (χ4v) is 3.36. The minimum absolute atomic E-state index is 0.129. The van der Waals surface area contributed by atoms with Crippen molar-refractivity contribution >= 4 is 28.7 Å². The summed E-state index contributed by atoms with van der Waals surface area (Å²) in [5.41, 5.74) is -0.129. The monoisotopic (exact) mass is 257 g/mol. The van der Waals surface area contributed by atoms with Crippen LogP contribution in [0.15, 0.2) is 12.1 Å². The van der Waals surface area contributed by atoms with Gasteiger partial charge in [-0.15, -0.1) is 11.3 Å². The lowest BCUT2D eigenvalue weighted by molar-refractivity contribution is -0.127. The lowest BCUT2D eigenvalue weighted by atomic mass is 9.78. The number of halogens is 1. The first-order valence-corrected chi connectivity index (χ1v) is 6.84. The Bertz CT molecular complexity index is 382. The number of thiophene rings is 1. The maximum absolute atomic E-state index is 12.3. The quantitative estimate of drug-likeness (QED) is 0.899. The number of carbonyl (C=O) groups excluding carboxylic acids is 1. The predicted octanol–water partition coefficient (Wildman–Crippen LogP) is 2.90. The van der Waals surface area contributed by atoms with Gasteiger partial charge in [-0.1, -0.05) is 18.5 Å². The summed E-state index contributed by atoms with van der Waals surface area (Å²) in [7, 11) is 0. The van der Waals surface area contributed by atoms with E-state index in [1.165, 1.54) is 11.3 Å². The molecule has 1 unspecified atom stereocenters. The number of hydrogen-bond acceptors (Lipinski definition) is 3. The third kappa shape index (κ3) is 2.31. The molecule has 16 heavy (non-hydrogen) atoms. The first kappa shape index (κ1) is 12.1. The zero-order valence-corrected chi connectivity index (χ0v) is 11.0. The molecule has 1 aliphatic rings. The van der Waals surface area contributed by atoms with Gasteiger partial charge in [-0.05, 0) is 31.5 Å². The molecule has 0 radical (unpaired) electrons. The van der Waals surface area contributed by atoms with E-state index in [0.717, 1.165) is 35.1 Å². The highest BCUT2D eigenvalue weighted by Crippen LogP contribution is 2.33. The van der Waals surface area contributed by atoms with Gasteiger partial charge in [0.05, 0.1) is 4.34 Å². The Morgan fingerprint density at radius 2 is 2.44 bits per heavy atom. The van der Waals surface area contributed by atoms with E-state index in [2.05, 4.69) is 12.2 Å². The zero-order valence-electron chi connectivity index (χ0n) is 9.38. The summed E-state index contributed by atoms with van der Waals surface area (Å²) in [5, 5.41) is 3.29. The van der Waals surface area contributed by atoms with Crippen LogP contribution in [0.3, 0.4) is 0 Å². The van der Waals surface area contributed by atoms with Gasteiger partial charge in [0.2, 0.25) is 0 Å². The van der Waals surface area contributed by atoms with Crippen LogP contribution >= 0.6 is 22.9 Å². The highest BCUT2D eigenvalue weighted by Gasteiger charge is 2.38. The van der Waals surface area contributed by atoms with E-state index < -0.39 is 0 Å². The summed E-state index contributed by atoms with van der Waals surface area (Å²) in [4.78, 5) is 13.4. The van der Waals surface area contributed by atoms with Crippen LogP contribution in [0.1, 0.15) is 24.6 Å². The van der Waals surface area contributed by atoms with Gasteiger partial charge >= 0.3 is 0 Å². The molecule has 1 N–H and O–H groups in total. The number of hydrogen-bond donors (Lipinski definition) is 1. The molecule has 2 rings (SSSR count). The Kier molecular flexibility index (Phi) is 3.67. The van der Waals surface area contributed by atoms with Gasteiger partial charge in [-0.25, -0.2) is 0 Å². The van der Waals surface area contributed by atoms with Crippen LogP contribution < -0.4 is 5.32 Å². The molecule has 1 fully saturated rings. The largest absolute Gasteiger partial charge is 0.316 e. The molecule has 1 aromatic rings. The molecule has 0 aromatic carbocycles. The minimum atomic E-state index is -0.129. The number of ketones is 1. The molecule has 1 atom stereocenters. The summed E-state index contributed by atoms with van der Waals surface area (Å²) >= 11 is 7.38. The van der Waals surface area contributed by atoms with Gasteiger partial charge in [-0.3, -0.25) is 4.79 Å². The number of rotatable bonds is 4. The molecular weight excluding hydrogens is 242 g/mol. The first-order chi connectivity index (χ1) is 7.66. The second-order valence-electron chi connectivity index (χ2n) is 4.37. The highest BCUT2D eigenvalue weighted by molar-refractivity contribution is 7.16. The molecule has 2 nitrogen and oxygen atoms in total. The fourth-order valence-electron chi connectivity index (χ4n) is 2.27. The Morgan fingerprint density at radius 1 is 1.62 bits per heavy atom. The van der Waals surface area contributed by atoms with Crippen molar-refractivity contribution in [2.45, 2.75) is 26.2 Å². The lowest BCUT2D eigenvalue weighted by Gasteiger charge is -2.24. The molecule has 0 saturated carbocycles. The van der Waals surface area contributed by atoms with Crippen molar-refractivity contribution in [2.24, 2.45) is 5.41 Å². The van der Waals surface area contributed by atoms with E-state index in [1.54, 1.807) is 0 Å². The molecule has 0 aliphatic carbocycles. The molecule has 0 amide bonds. The average molecular weight is 258 g/mol. The zero-order chi connectivity index (χ0) is 11.6. The molecule has 1 saturated heterocycles. The van der Waals surface area contributed by atoms with Crippen LogP contribution in [0.25, 0.3) is 0 Å². The Labute approximate surface area is 105 Å². The van der Waals surface area contributed by atoms with Crippen molar-refractivity contribution in [1.82, 2.24) is 5.32 Å². The van der Waals surface area contributed by atoms with E-state index in [0.29, 0.717) is 12.2 Å². The second kappa shape index (κ2) is 4.86. The van der Waals surface area contributed by atoms with E-state index >= 15 is 0 Å². The second-order valence-corrected chi connectivity index (χ2v) is 6.17. The van der Waals surface area contributed by atoms with Crippen LogP contribution in [-0.4, -0.2) is 18.9 Å². The van der Waals surface area contributed by atoms with E-state index in [4.69, 9.17) is 11.6 Å². The molecule has 88 valence electrons. The predicted molar refractivity (Wildman–Crippen MR) is 68.3 cm³/mol. The number of nitrogens with one attached hydrogen (secondary N) is 1. The van der Waals surface area contributed by atoms with E-state index in [1.807, 2.05) is 12.1 Å². The third-order valence-corrected chi connectivity index (χ3v) is 4.71. The maximum Gasteiger partial charge on any atom is 0.145 e. The van der Waals surface area contributed by atoms with Crippen molar-refractivity contribution in [1.29, 1.82) is 0 Å². The third-order valence-electron chi connectivity index (χ3n) is 3.48. The standard InChI is InChI=1S/C12H16ClNOS/c1-2-12(5-6-14-8-12)10(15)7-9-3-4-11(13)16-9/h3-4,14H,2,5-8H2,1H3. The van der Waals surface area contributed by atoms with Gasteiger partial charge in [0, 0.05) is 23.3 Å². The minimum Gasteiger partial charge on any atom is -0.316 e. The van der Waals surface area contributed by atoms with Gasteiger partial charge < -0.3 is 5.32 Å². The van der Waals surface area contributed by atoms with Crippen LogP contribution in [0.4, 0.5) is 0 Å². The molecule has 1 aliphatic heterocycles. The lowest BCUT2D eigenvalue weighted by Crippen LogP contribution is -2.33. The fraction of sp³-hybridized carbons (Fsp3) is 0.583. The van der Waals surface area contributed by atoms with Crippen molar-refractivity contribution in [3.8, 4) is 0 Å². The summed E-state index contributed by atoms with van der Waals surface area (Å²) in [5.74, 6) is 0.360. The number of Topliss-reactive ketones (excluding diaryl/α,β-unsaturated/α-hetero) is 1. The average Bonchev–Trinajstić information content (AvgIpc) is 2.88. The van der Waals surface area contributed by atoms with Gasteiger partial charge in [0.15, 0.2) is 0 Å². The van der Waals surface area contributed by atoms with Crippen molar-refractivity contribution in [3.05, 3.63) is 21.3 Å². The summed E-state index contributed by atoms with van der Waals surface area (Å²) in [6.07, 6.45) is 2.44. The Balaban J connectivity index is 2.07. The SMILES string of the molecule is CCC1(C(=O)Cc2ccc(Cl)s2)CCNC1. The molecule has 0 bridgehead atoms. The van der Waals surface area contributed by atoms with Crippen molar-refractivity contribution in [2.75, 3.05) is 13.1 Å². The normalized spacial score (nSPS) is 24.9. The van der Waals surface area contributed by atoms with Crippen LogP contribution in [0.5, 0.6) is 0 Å². The van der Waals surface area contributed by atoms with Crippen molar-refractivity contribution < 1.29 is 4.79 Å². The van der Waals surface area contributed by atoms with E-state index in [9.17, 15) is 4.79 Å². The smallest absolute Gasteiger partial charge is 0.145 e. The van der Waals surface area contributed by atoms with Gasteiger partial charge in [-0.2, -0.15) is 0 Å². The highest BCUT2D eigenvalue weighted by atomic mass is 35.5. The maximum atomic E-state index is 12.3. The van der Waals surface area contributed by atoms with Crippen molar-refractivity contribution in [3.63, 3.8) is 0 Å². The molecule has 0 spiro atoms. The molecule has 4 heteroatoms. The van der Waals surface area contributed by atoms with Crippen LogP contribution in [0, 0.1) is 5.41 Å². The molecule has 2 heterocycles. The first-order valence-electron chi connectivity index (χ1n) is 5.64.